The quantitative estimate of drug-likeness (QED) is 0.526. The molecule has 0 radical (unpaired) electrons. The van der Waals surface area contributed by atoms with Crippen molar-refractivity contribution in [3.63, 3.8) is 0 Å². The predicted octanol–water partition coefficient (Wildman–Crippen LogP) is 5.07. The van der Waals surface area contributed by atoms with E-state index in [0.29, 0.717) is 35.4 Å². The van der Waals surface area contributed by atoms with Crippen molar-refractivity contribution in [2.75, 3.05) is 30.9 Å². The summed E-state index contributed by atoms with van der Waals surface area (Å²) in [5.41, 5.74) is 5.20. The molecule has 0 saturated carbocycles. The molecule has 0 fully saturated rings. The molecule has 2 atom stereocenters. The maximum atomic E-state index is 13.6. The van der Waals surface area contributed by atoms with Crippen molar-refractivity contribution in [3.05, 3.63) is 74.7 Å². The lowest BCUT2D eigenvalue weighted by Crippen LogP contribution is -2.32. The summed E-state index contributed by atoms with van der Waals surface area (Å²) in [7, 11) is 3.93. The zero-order valence-electron chi connectivity index (χ0n) is 19.9. The van der Waals surface area contributed by atoms with E-state index in [4.69, 9.17) is 21.3 Å². The molecule has 7 heteroatoms. The molecule has 0 spiro atoms. The summed E-state index contributed by atoms with van der Waals surface area (Å²) >= 11 is 6.61. The highest BCUT2D eigenvalue weighted by molar-refractivity contribution is 6.33. The van der Waals surface area contributed by atoms with Gasteiger partial charge in [-0.05, 0) is 50.1 Å². The molecule has 0 bridgehead atoms. The Labute approximate surface area is 200 Å². The largest absolute Gasteiger partial charge is 0.378 e. The summed E-state index contributed by atoms with van der Waals surface area (Å²) in [4.78, 5) is 20.5. The summed E-state index contributed by atoms with van der Waals surface area (Å²) in [5.74, 6) is 0.578. The Balaban J connectivity index is 1.77. The van der Waals surface area contributed by atoms with E-state index >= 15 is 0 Å². The van der Waals surface area contributed by atoms with Crippen LogP contribution >= 0.6 is 11.6 Å². The fourth-order valence-corrected chi connectivity index (χ4v) is 4.80. The monoisotopic (exact) mass is 466 g/mol. The number of ether oxygens (including phenoxy) is 1. The number of aryl methyl sites for hydroxylation is 1. The van der Waals surface area contributed by atoms with Crippen molar-refractivity contribution < 1.29 is 4.74 Å². The first-order valence-electron chi connectivity index (χ1n) is 11.4. The van der Waals surface area contributed by atoms with Crippen molar-refractivity contribution in [1.82, 2.24) is 9.55 Å². The average molecular weight is 467 g/mol. The third-order valence-electron chi connectivity index (χ3n) is 6.24. The minimum absolute atomic E-state index is 0.0334. The van der Waals surface area contributed by atoms with Crippen molar-refractivity contribution in [1.29, 1.82) is 0 Å². The summed E-state index contributed by atoms with van der Waals surface area (Å²) in [6.45, 7) is 6.91. The van der Waals surface area contributed by atoms with Gasteiger partial charge in [0.05, 0.1) is 22.9 Å². The molecule has 4 rings (SSSR count). The molecule has 0 aliphatic heterocycles. The summed E-state index contributed by atoms with van der Waals surface area (Å²) in [6, 6.07) is 14.0. The molecule has 0 amide bonds. The summed E-state index contributed by atoms with van der Waals surface area (Å²) in [5, 5.41) is 4.07. The van der Waals surface area contributed by atoms with Crippen LogP contribution in [0.2, 0.25) is 5.02 Å². The molecule has 2 unspecified atom stereocenters. The van der Waals surface area contributed by atoms with Gasteiger partial charge in [0.25, 0.3) is 5.56 Å². The van der Waals surface area contributed by atoms with Crippen LogP contribution in [-0.4, -0.2) is 36.4 Å². The molecule has 1 N–H and O–H groups in total. The third-order valence-corrected chi connectivity index (χ3v) is 6.55. The number of fused-ring (bicyclic) bond motifs is 1. The van der Waals surface area contributed by atoms with E-state index in [9.17, 15) is 4.79 Å². The zero-order valence-corrected chi connectivity index (χ0v) is 20.6. The maximum Gasteiger partial charge on any atom is 0.277 e. The molecule has 6 nitrogen and oxygen atoms in total. The highest BCUT2D eigenvalue weighted by Gasteiger charge is 2.34. The maximum absolute atomic E-state index is 13.6. The standard InChI is InChI=1S/C26H31ClN4O2/c1-6-31-25(20-13-12-18(30(4)5)15-21(20)27)28-16(3)23(26(31)32)29-24-19-11-9-8-10-17(19)14-22(24)33-7-2/h8-13,15,22,24,29H,6-7,14H2,1-5H3. The van der Waals surface area contributed by atoms with Crippen LogP contribution in [-0.2, 0) is 17.7 Å². The molecule has 1 heterocycles. The fourth-order valence-electron chi connectivity index (χ4n) is 4.54. The Morgan fingerprint density at radius 2 is 1.97 bits per heavy atom. The van der Waals surface area contributed by atoms with Crippen LogP contribution in [0.5, 0.6) is 0 Å². The second-order valence-corrected chi connectivity index (χ2v) is 8.93. The Morgan fingerprint density at radius 3 is 2.64 bits per heavy atom. The van der Waals surface area contributed by atoms with Crippen LogP contribution < -0.4 is 15.8 Å². The van der Waals surface area contributed by atoms with Gasteiger partial charge >= 0.3 is 0 Å². The van der Waals surface area contributed by atoms with Gasteiger partial charge in [0.15, 0.2) is 0 Å². The molecule has 33 heavy (non-hydrogen) atoms. The number of aromatic nitrogens is 2. The highest BCUT2D eigenvalue weighted by atomic mass is 35.5. The lowest BCUT2D eigenvalue weighted by atomic mass is 10.1. The first-order valence-corrected chi connectivity index (χ1v) is 11.8. The van der Waals surface area contributed by atoms with Gasteiger partial charge in [0.2, 0.25) is 0 Å². The topological polar surface area (TPSA) is 59.4 Å². The third kappa shape index (κ3) is 4.37. The molecule has 1 aliphatic carbocycles. The molecular weight excluding hydrogens is 436 g/mol. The Bertz CT molecular complexity index is 1220. The smallest absolute Gasteiger partial charge is 0.277 e. The Hall–Kier alpha value is -2.83. The molecule has 0 saturated heterocycles. The van der Waals surface area contributed by atoms with Crippen LogP contribution in [0.25, 0.3) is 11.4 Å². The highest BCUT2D eigenvalue weighted by Crippen LogP contribution is 2.36. The summed E-state index contributed by atoms with van der Waals surface area (Å²) < 4.78 is 7.72. The van der Waals surface area contributed by atoms with Gasteiger partial charge in [0, 0.05) is 44.9 Å². The molecule has 1 aliphatic rings. The Morgan fingerprint density at radius 1 is 1.21 bits per heavy atom. The van der Waals surface area contributed by atoms with E-state index in [1.807, 2.05) is 70.1 Å². The fraction of sp³-hybridized carbons (Fsp3) is 0.385. The summed E-state index contributed by atoms with van der Waals surface area (Å²) in [6.07, 6.45) is 0.788. The van der Waals surface area contributed by atoms with Crippen LogP contribution in [0.3, 0.4) is 0 Å². The van der Waals surface area contributed by atoms with E-state index in [2.05, 4.69) is 17.4 Å². The van der Waals surface area contributed by atoms with E-state index in [0.717, 1.165) is 17.7 Å². The van der Waals surface area contributed by atoms with Gasteiger partial charge in [-0.15, -0.1) is 0 Å². The lowest BCUT2D eigenvalue weighted by molar-refractivity contribution is 0.0574. The van der Waals surface area contributed by atoms with Crippen molar-refractivity contribution >= 4 is 23.0 Å². The van der Waals surface area contributed by atoms with Crippen molar-refractivity contribution in [2.45, 2.75) is 45.9 Å². The Kier molecular flexibility index (Phi) is 6.77. The van der Waals surface area contributed by atoms with Crippen LogP contribution in [0.4, 0.5) is 11.4 Å². The molecule has 174 valence electrons. The lowest BCUT2D eigenvalue weighted by Gasteiger charge is -2.24. The SMILES string of the molecule is CCOC1Cc2ccccc2C1Nc1c(C)nc(-c2ccc(N(C)C)cc2Cl)n(CC)c1=O. The second kappa shape index (κ2) is 9.57. The number of anilines is 2. The predicted molar refractivity (Wildman–Crippen MR) is 136 cm³/mol. The number of halogens is 1. The number of hydrogen-bond acceptors (Lipinski definition) is 5. The van der Waals surface area contributed by atoms with E-state index in [-0.39, 0.29) is 17.7 Å². The normalized spacial score (nSPS) is 17.2. The van der Waals surface area contributed by atoms with E-state index < -0.39 is 0 Å². The average Bonchev–Trinajstić information content (AvgIpc) is 3.13. The number of nitrogens with one attached hydrogen (secondary N) is 1. The van der Waals surface area contributed by atoms with Gasteiger partial charge in [-0.3, -0.25) is 9.36 Å². The van der Waals surface area contributed by atoms with Crippen LogP contribution in [0.1, 0.15) is 36.7 Å². The number of hydrogen-bond donors (Lipinski definition) is 1. The molecular formula is C26H31ClN4O2. The molecule has 3 aromatic rings. The second-order valence-electron chi connectivity index (χ2n) is 8.52. The van der Waals surface area contributed by atoms with Crippen molar-refractivity contribution in [2.24, 2.45) is 0 Å². The van der Waals surface area contributed by atoms with Gasteiger partial charge in [-0.1, -0.05) is 35.9 Å². The van der Waals surface area contributed by atoms with E-state index in [1.54, 1.807) is 4.57 Å². The first-order chi connectivity index (χ1) is 15.8. The zero-order chi connectivity index (χ0) is 23.7. The minimum Gasteiger partial charge on any atom is -0.378 e. The van der Waals surface area contributed by atoms with Gasteiger partial charge in [0.1, 0.15) is 11.5 Å². The number of benzene rings is 2. The number of nitrogens with zero attached hydrogens (tertiary/aromatic N) is 3. The van der Waals surface area contributed by atoms with Crippen LogP contribution in [0.15, 0.2) is 47.3 Å². The van der Waals surface area contributed by atoms with E-state index in [1.165, 1.54) is 11.1 Å². The number of rotatable bonds is 7. The van der Waals surface area contributed by atoms with Crippen LogP contribution in [0, 0.1) is 6.92 Å². The molecule has 2 aromatic carbocycles. The van der Waals surface area contributed by atoms with Gasteiger partial charge in [-0.25, -0.2) is 4.98 Å². The van der Waals surface area contributed by atoms with Gasteiger partial charge in [-0.2, -0.15) is 0 Å². The van der Waals surface area contributed by atoms with Crippen molar-refractivity contribution in [3.8, 4) is 11.4 Å². The molecule has 1 aromatic heterocycles. The first kappa shape index (κ1) is 23.3. The van der Waals surface area contributed by atoms with Gasteiger partial charge < -0.3 is 15.0 Å². The minimum atomic E-state index is -0.104.